The average molecular weight is 223 g/mol. The van der Waals surface area contributed by atoms with Gasteiger partial charge in [-0.05, 0) is 12.1 Å². The Hall–Kier alpha value is -1.59. The number of methoxy groups -OCH3 is 1. The highest BCUT2D eigenvalue weighted by Crippen LogP contribution is 2.03. The molecular weight excluding hydrogens is 206 g/mol. The predicted octanol–water partition coefficient (Wildman–Crippen LogP) is 0.420. The van der Waals surface area contributed by atoms with E-state index in [4.69, 9.17) is 10.5 Å². The Bertz CT molecular complexity index is 327. The Kier molecular flexibility index (Phi) is 5.31. The molecule has 16 heavy (non-hydrogen) atoms. The summed E-state index contributed by atoms with van der Waals surface area (Å²) in [6, 6.07) is 9.48. The normalized spacial score (nSPS) is 13.5. The van der Waals surface area contributed by atoms with Gasteiger partial charge in [0.2, 0.25) is 0 Å². The number of rotatable bonds is 5. The van der Waals surface area contributed by atoms with E-state index in [1.54, 1.807) is 0 Å². The van der Waals surface area contributed by atoms with E-state index < -0.39 is 6.10 Å². The highest BCUT2D eigenvalue weighted by molar-refractivity contribution is 5.92. The Balaban J connectivity index is 2.40. The molecule has 0 aliphatic heterocycles. The number of aliphatic imine (C=N–C) groups is 1. The fourth-order valence-electron chi connectivity index (χ4n) is 1.16. The first-order chi connectivity index (χ1) is 7.72. The van der Waals surface area contributed by atoms with Crippen LogP contribution in [0, 0.1) is 0 Å². The van der Waals surface area contributed by atoms with Gasteiger partial charge in [0.25, 0.3) is 0 Å². The van der Waals surface area contributed by atoms with E-state index in [0.29, 0.717) is 0 Å². The van der Waals surface area contributed by atoms with Crippen molar-refractivity contribution in [1.29, 1.82) is 0 Å². The zero-order valence-corrected chi connectivity index (χ0v) is 9.26. The van der Waals surface area contributed by atoms with Crippen LogP contribution in [0.25, 0.3) is 0 Å². The third-order valence-corrected chi connectivity index (χ3v) is 1.88. The summed E-state index contributed by atoms with van der Waals surface area (Å²) in [7, 11) is 1.53. The monoisotopic (exact) mass is 223 g/mol. The van der Waals surface area contributed by atoms with Crippen molar-refractivity contribution >= 4 is 11.6 Å². The van der Waals surface area contributed by atoms with Crippen molar-refractivity contribution in [3.63, 3.8) is 0 Å². The first kappa shape index (κ1) is 12.5. The maximum absolute atomic E-state index is 9.35. The molecule has 0 amide bonds. The molecule has 0 aliphatic rings. The number of benzene rings is 1. The Morgan fingerprint density at radius 3 is 2.81 bits per heavy atom. The van der Waals surface area contributed by atoms with Gasteiger partial charge in [0.15, 0.2) is 5.96 Å². The second kappa shape index (κ2) is 6.81. The molecule has 88 valence electrons. The van der Waals surface area contributed by atoms with Gasteiger partial charge in [-0.3, -0.25) is 4.99 Å². The minimum atomic E-state index is -0.624. The Labute approximate surface area is 94.9 Å². The molecule has 0 saturated heterocycles. The standard InChI is InChI=1S/C11H17N3O2/c1-16-8-10(15)7-13-11(12)14-9-5-3-2-4-6-9/h2-6,10,15H,7-8H2,1H3,(H3,12,13,14). The molecule has 0 radical (unpaired) electrons. The molecule has 0 saturated carbocycles. The minimum absolute atomic E-state index is 0.222. The van der Waals surface area contributed by atoms with Crippen LogP contribution < -0.4 is 11.1 Å². The third-order valence-electron chi connectivity index (χ3n) is 1.88. The maximum atomic E-state index is 9.35. The van der Waals surface area contributed by atoms with Gasteiger partial charge in [-0.15, -0.1) is 0 Å². The summed E-state index contributed by atoms with van der Waals surface area (Å²) in [6.45, 7) is 0.474. The van der Waals surface area contributed by atoms with Crippen LogP contribution in [-0.4, -0.2) is 37.4 Å². The lowest BCUT2D eigenvalue weighted by atomic mass is 10.3. The van der Waals surface area contributed by atoms with Gasteiger partial charge < -0.3 is 20.9 Å². The van der Waals surface area contributed by atoms with E-state index in [1.165, 1.54) is 7.11 Å². The number of para-hydroxylation sites is 1. The van der Waals surface area contributed by atoms with E-state index in [1.807, 2.05) is 30.3 Å². The van der Waals surface area contributed by atoms with Crippen molar-refractivity contribution in [2.24, 2.45) is 10.7 Å². The second-order valence-electron chi connectivity index (χ2n) is 3.33. The Morgan fingerprint density at radius 2 is 2.19 bits per heavy atom. The molecule has 0 bridgehead atoms. The third kappa shape index (κ3) is 4.77. The van der Waals surface area contributed by atoms with E-state index in [2.05, 4.69) is 10.3 Å². The number of aliphatic hydroxyl groups excluding tert-OH is 1. The number of anilines is 1. The van der Waals surface area contributed by atoms with E-state index in [9.17, 15) is 5.11 Å². The molecule has 4 N–H and O–H groups in total. The molecule has 0 spiro atoms. The molecule has 1 atom stereocenters. The van der Waals surface area contributed by atoms with Crippen LogP contribution in [0.5, 0.6) is 0 Å². The van der Waals surface area contributed by atoms with Crippen molar-refractivity contribution < 1.29 is 9.84 Å². The van der Waals surface area contributed by atoms with Crippen LogP contribution in [0.1, 0.15) is 0 Å². The number of ether oxygens (including phenoxy) is 1. The summed E-state index contributed by atoms with van der Waals surface area (Å²) in [5.74, 6) is 0.279. The highest BCUT2D eigenvalue weighted by atomic mass is 16.5. The van der Waals surface area contributed by atoms with Crippen LogP contribution in [-0.2, 0) is 4.74 Å². The van der Waals surface area contributed by atoms with E-state index >= 15 is 0 Å². The van der Waals surface area contributed by atoms with Crippen molar-refractivity contribution in [3.05, 3.63) is 30.3 Å². The molecule has 1 aromatic rings. The molecule has 5 heteroatoms. The van der Waals surface area contributed by atoms with Gasteiger partial charge in [-0.2, -0.15) is 0 Å². The molecule has 0 aliphatic carbocycles. The highest BCUT2D eigenvalue weighted by Gasteiger charge is 2.01. The van der Waals surface area contributed by atoms with E-state index in [0.717, 1.165) is 5.69 Å². The molecular formula is C11H17N3O2. The minimum Gasteiger partial charge on any atom is -0.389 e. The van der Waals surface area contributed by atoms with Crippen LogP contribution in [0.2, 0.25) is 0 Å². The number of guanidine groups is 1. The van der Waals surface area contributed by atoms with Gasteiger partial charge in [-0.1, -0.05) is 18.2 Å². The predicted molar refractivity (Wildman–Crippen MR) is 64.4 cm³/mol. The first-order valence-corrected chi connectivity index (χ1v) is 5.01. The SMILES string of the molecule is COCC(O)CN=C(N)Nc1ccccc1. The lowest BCUT2D eigenvalue weighted by molar-refractivity contribution is 0.0705. The average Bonchev–Trinajstić information content (AvgIpc) is 2.28. The zero-order valence-electron chi connectivity index (χ0n) is 9.26. The lowest BCUT2D eigenvalue weighted by Gasteiger charge is -2.08. The number of nitrogens with zero attached hydrogens (tertiary/aromatic N) is 1. The molecule has 1 unspecified atom stereocenters. The summed E-state index contributed by atoms with van der Waals surface area (Å²) >= 11 is 0. The zero-order chi connectivity index (χ0) is 11.8. The van der Waals surface area contributed by atoms with Crippen molar-refractivity contribution in [2.75, 3.05) is 25.6 Å². The number of hydrogen-bond donors (Lipinski definition) is 3. The van der Waals surface area contributed by atoms with Gasteiger partial charge in [0, 0.05) is 12.8 Å². The summed E-state index contributed by atoms with van der Waals surface area (Å²) < 4.78 is 4.77. The maximum Gasteiger partial charge on any atom is 0.193 e. The Morgan fingerprint density at radius 1 is 1.50 bits per heavy atom. The fraction of sp³-hybridized carbons (Fsp3) is 0.364. The van der Waals surface area contributed by atoms with Crippen LogP contribution in [0.15, 0.2) is 35.3 Å². The molecule has 0 fully saturated rings. The van der Waals surface area contributed by atoms with Crippen LogP contribution >= 0.6 is 0 Å². The molecule has 5 nitrogen and oxygen atoms in total. The summed E-state index contributed by atoms with van der Waals surface area (Å²) in [5, 5.41) is 12.3. The number of hydrogen-bond acceptors (Lipinski definition) is 3. The number of aliphatic hydroxyl groups is 1. The van der Waals surface area contributed by atoms with Gasteiger partial charge in [0.05, 0.1) is 19.3 Å². The first-order valence-electron chi connectivity index (χ1n) is 5.01. The van der Waals surface area contributed by atoms with Crippen molar-refractivity contribution in [2.45, 2.75) is 6.10 Å². The molecule has 0 heterocycles. The number of nitrogens with two attached hydrogens (primary N) is 1. The van der Waals surface area contributed by atoms with Crippen LogP contribution in [0.3, 0.4) is 0 Å². The second-order valence-corrected chi connectivity index (χ2v) is 3.33. The van der Waals surface area contributed by atoms with E-state index in [-0.39, 0.29) is 19.1 Å². The smallest absolute Gasteiger partial charge is 0.193 e. The van der Waals surface area contributed by atoms with Crippen molar-refractivity contribution in [3.8, 4) is 0 Å². The summed E-state index contributed by atoms with van der Waals surface area (Å²) in [6.07, 6.45) is -0.624. The topological polar surface area (TPSA) is 79.9 Å². The largest absolute Gasteiger partial charge is 0.389 e. The number of nitrogens with one attached hydrogen (secondary N) is 1. The van der Waals surface area contributed by atoms with Gasteiger partial charge in [-0.25, -0.2) is 0 Å². The van der Waals surface area contributed by atoms with Gasteiger partial charge in [0.1, 0.15) is 0 Å². The lowest BCUT2D eigenvalue weighted by Crippen LogP contribution is -2.26. The summed E-state index contributed by atoms with van der Waals surface area (Å²) in [4.78, 5) is 3.99. The summed E-state index contributed by atoms with van der Waals surface area (Å²) in [5.41, 5.74) is 6.50. The molecule has 1 rings (SSSR count). The molecule has 0 aromatic heterocycles. The van der Waals surface area contributed by atoms with Crippen LogP contribution in [0.4, 0.5) is 5.69 Å². The fourth-order valence-corrected chi connectivity index (χ4v) is 1.16. The quantitative estimate of drug-likeness (QED) is 0.499. The van der Waals surface area contributed by atoms with Crippen molar-refractivity contribution in [1.82, 2.24) is 0 Å². The molecule has 1 aromatic carbocycles. The van der Waals surface area contributed by atoms with Gasteiger partial charge >= 0.3 is 0 Å².